The molecule has 8 nitrogen and oxygen atoms in total. The van der Waals surface area contributed by atoms with E-state index in [0.29, 0.717) is 11.3 Å². The zero-order chi connectivity index (χ0) is 25.2. The van der Waals surface area contributed by atoms with Gasteiger partial charge < -0.3 is 25.4 Å². The minimum atomic E-state index is -1.25. The number of hydrogen-bond donors (Lipinski definition) is 4. The summed E-state index contributed by atoms with van der Waals surface area (Å²) < 4.78 is 16.1. The van der Waals surface area contributed by atoms with E-state index in [-0.39, 0.29) is 11.3 Å². The van der Waals surface area contributed by atoms with Crippen LogP contribution in [0.4, 0.5) is 14.9 Å². The number of aryl methyl sites for hydroxylation is 3. The third-order valence-electron chi connectivity index (χ3n) is 5.71. The van der Waals surface area contributed by atoms with Gasteiger partial charge in [-0.15, -0.1) is 0 Å². The van der Waals surface area contributed by atoms with Crippen LogP contribution in [0, 0.1) is 26.6 Å². The number of carbonyl (C=O) groups is 2. The molecule has 1 heterocycles. The van der Waals surface area contributed by atoms with Crippen LogP contribution < -0.4 is 16.2 Å². The highest BCUT2D eigenvalue weighted by Crippen LogP contribution is 2.31. The van der Waals surface area contributed by atoms with Crippen LogP contribution in [0.15, 0.2) is 47.3 Å². The summed E-state index contributed by atoms with van der Waals surface area (Å²) in [7, 11) is 1.47. The van der Waals surface area contributed by atoms with Gasteiger partial charge in [0.2, 0.25) is 0 Å². The maximum absolute atomic E-state index is 14.8. The number of pyridine rings is 1. The number of carboxylic acids is 1. The summed E-state index contributed by atoms with van der Waals surface area (Å²) in [6, 6.07) is 9.19. The quantitative estimate of drug-likeness (QED) is 0.434. The molecule has 2 amide bonds. The molecule has 3 rings (SSSR count). The van der Waals surface area contributed by atoms with Crippen LogP contribution in [-0.4, -0.2) is 26.8 Å². The first kappa shape index (κ1) is 24.5. The van der Waals surface area contributed by atoms with Gasteiger partial charge in [0.05, 0.1) is 12.5 Å². The third-order valence-corrected chi connectivity index (χ3v) is 5.71. The molecule has 3 aromatic rings. The standard InChI is InChI=1S/C25H26FN3O5/c1-13-6-5-7-14(2)22(13)16-8-9-18(26)17(11-16)19(12-21(31)32)27-25(34)28-23-20(30)10-15(3)29(4)24(23)33/h5-11,19,30H,12H2,1-4H3,(H,31,32)(H2,27,28,34)/t19-/m0/s1. The van der Waals surface area contributed by atoms with Crippen molar-refractivity contribution >= 4 is 17.7 Å². The van der Waals surface area contributed by atoms with Crippen LogP contribution in [0.2, 0.25) is 0 Å². The number of aromatic hydroxyl groups is 1. The topological polar surface area (TPSA) is 121 Å². The number of amides is 2. The van der Waals surface area contributed by atoms with Crippen LogP contribution in [0.3, 0.4) is 0 Å². The average molecular weight is 467 g/mol. The Balaban J connectivity index is 1.97. The summed E-state index contributed by atoms with van der Waals surface area (Å²) in [5, 5.41) is 24.1. The maximum Gasteiger partial charge on any atom is 0.319 e. The van der Waals surface area contributed by atoms with Gasteiger partial charge in [-0.2, -0.15) is 0 Å². The number of halogens is 1. The molecule has 9 heteroatoms. The van der Waals surface area contributed by atoms with Gasteiger partial charge in [-0.3, -0.25) is 9.59 Å². The van der Waals surface area contributed by atoms with Gasteiger partial charge in [-0.05, 0) is 55.2 Å². The van der Waals surface area contributed by atoms with Crippen molar-refractivity contribution in [2.75, 3.05) is 5.32 Å². The molecule has 0 aliphatic heterocycles. The molecule has 0 unspecified atom stereocenters. The van der Waals surface area contributed by atoms with E-state index in [1.165, 1.54) is 29.8 Å². The van der Waals surface area contributed by atoms with E-state index in [1.807, 2.05) is 32.0 Å². The molecular weight excluding hydrogens is 441 g/mol. The fraction of sp³-hybridized carbons (Fsp3) is 0.240. The van der Waals surface area contributed by atoms with Gasteiger partial charge in [-0.25, -0.2) is 9.18 Å². The Morgan fingerprint density at radius 1 is 1.09 bits per heavy atom. The van der Waals surface area contributed by atoms with E-state index in [9.17, 15) is 29.0 Å². The van der Waals surface area contributed by atoms with E-state index in [0.717, 1.165) is 16.7 Å². The molecule has 0 fully saturated rings. The van der Waals surface area contributed by atoms with Gasteiger partial charge in [0.1, 0.15) is 11.6 Å². The highest BCUT2D eigenvalue weighted by atomic mass is 19.1. The smallest absolute Gasteiger partial charge is 0.319 e. The van der Waals surface area contributed by atoms with Crippen molar-refractivity contribution in [1.29, 1.82) is 0 Å². The lowest BCUT2D eigenvalue weighted by Gasteiger charge is -2.20. The van der Waals surface area contributed by atoms with Gasteiger partial charge in [0.25, 0.3) is 5.56 Å². The number of benzene rings is 2. The Morgan fingerprint density at radius 2 is 1.74 bits per heavy atom. The summed E-state index contributed by atoms with van der Waals surface area (Å²) in [6.07, 6.45) is -0.599. The second kappa shape index (κ2) is 9.78. The first-order chi connectivity index (χ1) is 16.0. The van der Waals surface area contributed by atoms with E-state index in [2.05, 4.69) is 10.6 Å². The molecule has 0 saturated heterocycles. The number of aromatic nitrogens is 1. The molecule has 2 aromatic carbocycles. The number of hydrogen-bond acceptors (Lipinski definition) is 4. The van der Waals surface area contributed by atoms with Crippen LogP contribution in [0.1, 0.15) is 34.8 Å². The number of urea groups is 1. The molecule has 0 bridgehead atoms. The van der Waals surface area contributed by atoms with Crippen molar-refractivity contribution in [1.82, 2.24) is 9.88 Å². The lowest BCUT2D eigenvalue weighted by atomic mass is 9.92. The lowest BCUT2D eigenvalue weighted by Crippen LogP contribution is -2.36. The summed E-state index contributed by atoms with van der Waals surface area (Å²) in [6.45, 7) is 5.44. The molecule has 34 heavy (non-hydrogen) atoms. The highest BCUT2D eigenvalue weighted by molar-refractivity contribution is 5.91. The Bertz CT molecular complexity index is 1310. The third kappa shape index (κ3) is 5.09. The van der Waals surface area contributed by atoms with Crippen LogP contribution in [0.25, 0.3) is 11.1 Å². The van der Waals surface area contributed by atoms with Crippen molar-refractivity contribution in [3.63, 3.8) is 0 Å². The number of aliphatic carboxylic acids is 1. The molecule has 0 aliphatic carbocycles. The summed E-state index contributed by atoms with van der Waals surface area (Å²) in [5.41, 5.74) is 2.92. The Morgan fingerprint density at radius 3 is 2.35 bits per heavy atom. The number of anilines is 1. The molecule has 0 spiro atoms. The molecule has 0 aliphatic rings. The van der Waals surface area contributed by atoms with Crippen molar-refractivity contribution in [2.45, 2.75) is 33.2 Å². The molecular formula is C25H26FN3O5. The van der Waals surface area contributed by atoms with Crippen LogP contribution in [-0.2, 0) is 11.8 Å². The van der Waals surface area contributed by atoms with Crippen molar-refractivity contribution in [3.05, 3.63) is 81.0 Å². The number of rotatable bonds is 6. The first-order valence-electron chi connectivity index (χ1n) is 10.5. The van der Waals surface area contributed by atoms with E-state index in [4.69, 9.17) is 0 Å². The minimum Gasteiger partial charge on any atom is -0.505 e. The second-order valence-electron chi connectivity index (χ2n) is 8.16. The Kier molecular flexibility index (Phi) is 7.05. The normalized spacial score (nSPS) is 11.7. The maximum atomic E-state index is 14.8. The van der Waals surface area contributed by atoms with E-state index >= 15 is 0 Å². The van der Waals surface area contributed by atoms with Crippen molar-refractivity contribution < 1.29 is 24.2 Å². The summed E-state index contributed by atoms with van der Waals surface area (Å²) in [5.74, 6) is -2.37. The number of nitrogens with zero attached hydrogens (tertiary/aromatic N) is 1. The largest absolute Gasteiger partial charge is 0.505 e. The van der Waals surface area contributed by atoms with Crippen LogP contribution in [0.5, 0.6) is 5.75 Å². The Hall–Kier alpha value is -4.14. The van der Waals surface area contributed by atoms with Crippen molar-refractivity contribution in [3.8, 4) is 16.9 Å². The van der Waals surface area contributed by atoms with Gasteiger partial charge in [0, 0.05) is 24.4 Å². The molecule has 0 radical (unpaired) electrons. The second-order valence-corrected chi connectivity index (χ2v) is 8.16. The SMILES string of the molecule is Cc1cccc(C)c1-c1ccc(F)c([C@H](CC(=O)O)NC(=O)Nc2c(O)cc(C)n(C)c2=O)c1. The molecule has 0 saturated carbocycles. The minimum absolute atomic E-state index is 0.0151. The Labute approximate surface area is 195 Å². The monoisotopic (exact) mass is 467 g/mol. The number of carbonyl (C=O) groups excluding carboxylic acids is 1. The highest BCUT2D eigenvalue weighted by Gasteiger charge is 2.24. The van der Waals surface area contributed by atoms with Gasteiger partial charge in [-0.1, -0.05) is 24.3 Å². The predicted octanol–water partition coefficient (Wildman–Crippen LogP) is 4.16. The lowest BCUT2D eigenvalue weighted by molar-refractivity contribution is -0.137. The van der Waals surface area contributed by atoms with Crippen LogP contribution >= 0.6 is 0 Å². The molecule has 1 atom stereocenters. The van der Waals surface area contributed by atoms with E-state index < -0.39 is 41.6 Å². The van der Waals surface area contributed by atoms with Gasteiger partial charge in [0.15, 0.2) is 5.69 Å². The first-order valence-corrected chi connectivity index (χ1v) is 10.5. The number of carboxylic acid groups (broad SMARTS) is 1. The average Bonchev–Trinajstić information content (AvgIpc) is 2.75. The van der Waals surface area contributed by atoms with E-state index in [1.54, 1.807) is 13.0 Å². The zero-order valence-corrected chi connectivity index (χ0v) is 19.3. The zero-order valence-electron chi connectivity index (χ0n) is 19.3. The van der Waals surface area contributed by atoms with Crippen molar-refractivity contribution in [2.24, 2.45) is 7.05 Å². The fourth-order valence-corrected chi connectivity index (χ4v) is 3.88. The number of nitrogens with one attached hydrogen (secondary N) is 2. The molecule has 4 N–H and O–H groups in total. The molecule has 178 valence electrons. The predicted molar refractivity (Wildman–Crippen MR) is 127 cm³/mol. The van der Waals surface area contributed by atoms with Gasteiger partial charge >= 0.3 is 12.0 Å². The fourth-order valence-electron chi connectivity index (χ4n) is 3.88. The summed E-state index contributed by atoms with van der Waals surface area (Å²) >= 11 is 0. The summed E-state index contributed by atoms with van der Waals surface area (Å²) in [4.78, 5) is 36.6. The molecule has 1 aromatic heterocycles.